The van der Waals surface area contributed by atoms with Crippen LogP contribution in [-0.4, -0.2) is 35.4 Å². The molecule has 1 aliphatic heterocycles. The molecular weight excluding hydrogens is 214 g/mol. The molecule has 1 aromatic rings. The third-order valence-corrected chi connectivity index (χ3v) is 3.93. The Labute approximate surface area is 102 Å². The molecule has 0 spiro atoms. The predicted octanol–water partition coefficient (Wildman–Crippen LogP) is 1.53. The Bertz CT molecular complexity index is 353. The Morgan fingerprint density at radius 1 is 1.35 bits per heavy atom. The van der Waals surface area contributed by atoms with Crippen LogP contribution in [-0.2, 0) is 11.3 Å². The number of aromatic nitrogens is 2. The first-order valence-electron chi connectivity index (χ1n) is 6.76. The number of nitrogens with one attached hydrogen (secondary N) is 1. The highest BCUT2D eigenvalue weighted by molar-refractivity contribution is 5.11. The van der Waals surface area contributed by atoms with Gasteiger partial charge in [0.2, 0.25) is 0 Å². The molecule has 2 fully saturated rings. The van der Waals surface area contributed by atoms with Gasteiger partial charge < -0.3 is 14.6 Å². The molecule has 0 amide bonds. The van der Waals surface area contributed by atoms with Crippen molar-refractivity contribution in [3.8, 4) is 0 Å². The molecule has 1 saturated carbocycles. The maximum Gasteiger partial charge on any atom is 0.0949 e. The highest BCUT2D eigenvalue weighted by atomic mass is 16.5. The molecule has 2 heterocycles. The molecular formula is C13H21N3O. The average Bonchev–Trinajstić information content (AvgIpc) is 2.88. The molecule has 3 rings (SSSR count). The molecule has 1 saturated heterocycles. The second-order valence-electron chi connectivity index (χ2n) is 5.14. The van der Waals surface area contributed by atoms with E-state index in [1.807, 2.05) is 12.5 Å². The summed E-state index contributed by atoms with van der Waals surface area (Å²) in [4.78, 5) is 4.26. The van der Waals surface area contributed by atoms with E-state index in [-0.39, 0.29) is 0 Å². The smallest absolute Gasteiger partial charge is 0.0949 e. The van der Waals surface area contributed by atoms with Crippen molar-refractivity contribution in [2.24, 2.45) is 0 Å². The maximum atomic E-state index is 5.90. The van der Waals surface area contributed by atoms with Crippen LogP contribution in [0.4, 0.5) is 0 Å². The minimum absolute atomic E-state index is 0.521. The van der Waals surface area contributed by atoms with E-state index in [0.717, 1.165) is 26.2 Å². The summed E-state index contributed by atoms with van der Waals surface area (Å²) < 4.78 is 8.15. The number of imidazole rings is 1. The lowest BCUT2D eigenvalue weighted by molar-refractivity contribution is 0.0524. The second-order valence-corrected chi connectivity index (χ2v) is 5.14. The van der Waals surface area contributed by atoms with E-state index in [2.05, 4.69) is 14.9 Å². The van der Waals surface area contributed by atoms with Crippen molar-refractivity contribution in [3.63, 3.8) is 0 Å². The van der Waals surface area contributed by atoms with Crippen LogP contribution in [0.25, 0.3) is 0 Å². The Balaban J connectivity index is 1.48. The number of ether oxygens (including phenoxy) is 1. The van der Waals surface area contributed by atoms with Crippen LogP contribution in [0.1, 0.15) is 37.3 Å². The maximum absolute atomic E-state index is 5.90. The predicted molar refractivity (Wildman–Crippen MR) is 66.0 cm³/mol. The lowest BCUT2D eigenvalue weighted by Gasteiger charge is -2.28. The topological polar surface area (TPSA) is 39.1 Å². The first kappa shape index (κ1) is 11.2. The van der Waals surface area contributed by atoms with Gasteiger partial charge in [-0.15, -0.1) is 0 Å². The van der Waals surface area contributed by atoms with E-state index in [9.17, 15) is 0 Å². The summed E-state index contributed by atoms with van der Waals surface area (Å²) in [6.07, 6.45) is 9.65. The second kappa shape index (κ2) is 5.19. The molecule has 0 atom stereocenters. The van der Waals surface area contributed by atoms with Crippen LogP contribution in [0.2, 0.25) is 0 Å². The Morgan fingerprint density at radius 2 is 2.18 bits per heavy atom. The zero-order chi connectivity index (χ0) is 11.5. The van der Waals surface area contributed by atoms with E-state index < -0.39 is 0 Å². The molecule has 0 bridgehead atoms. The lowest BCUT2D eigenvalue weighted by atomic mass is 10.00. The molecule has 1 aromatic heterocycles. The van der Waals surface area contributed by atoms with Crippen molar-refractivity contribution >= 4 is 0 Å². The van der Waals surface area contributed by atoms with Crippen LogP contribution in [0.3, 0.4) is 0 Å². The summed E-state index contributed by atoms with van der Waals surface area (Å²) in [6, 6.07) is 0. The minimum atomic E-state index is 0.521. The van der Waals surface area contributed by atoms with Crippen molar-refractivity contribution < 1.29 is 4.74 Å². The first-order valence-corrected chi connectivity index (χ1v) is 6.76. The quantitative estimate of drug-likeness (QED) is 0.841. The molecule has 2 aliphatic rings. The van der Waals surface area contributed by atoms with Gasteiger partial charge in [0.05, 0.1) is 19.0 Å². The number of hydrogen-bond acceptors (Lipinski definition) is 3. The fraction of sp³-hybridized carbons (Fsp3) is 0.769. The third-order valence-electron chi connectivity index (χ3n) is 3.93. The summed E-state index contributed by atoms with van der Waals surface area (Å²) in [6.45, 7) is 3.96. The van der Waals surface area contributed by atoms with Crippen LogP contribution < -0.4 is 5.32 Å². The summed E-state index contributed by atoms with van der Waals surface area (Å²) in [7, 11) is 0. The monoisotopic (exact) mass is 235 g/mol. The van der Waals surface area contributed by atoms with Gasteiger partial charge in [0.1, 0.15) is 0 Å². The van der Waals surface area contributed by atoms with Crippen molar-refractivity contribution in [2.75, 3.05) is 19.7 Å². The largest absolute Gasteiger partial charge is 0.376 e. The Kier molecular flexibility index (Phi) is 3.43. The van der Waals surface area contributed by atoms with Gasteiger partial charge in [-0.3, -0.25) is 0 Å². The molecule has 1 aliphatic carbocycles. The van der Waals surface area contributed by atoms with E-state index in [1.54, 1.807) is 0 Å². The third kappa shape index (κ3) is 2.53. The van der Waals surface area contributed by atoms with Crippen LogP contribution in [0.15, 0.2) is 12.5 Å². The summed E-state index contributed by atoms with van der Waals surface area (Å²) >= 11 is 0. The summed E-state index contributed by atoms with van der Waals surface area (Å²) in [5, 5.41) is 3.31. The highest BCUT2D eigenvalue weighted by Crippen LogP contribution is 2.22. The highest BCUT2D eigenvalue weighted by Gasteiger charge is 2.22. The van der Waals surface area contributed by atoms with Crippen molar-refractivity contribution in [3.05, 3.63) is 18.2 Å². The standard InChI is InChI=1S/C13H21N3O/c1-2-4-12(3-1)17-6-5-16-10-15-9-13(16)11-7-14-8-11/h9-12,14H,1-8H2. The van der Waals surface area contributed by atoms with Crippen molar-refractivity contribution in [2.45, 2.75) is 44.2 Å². The van der Waals surface area contributed by atoms with Crippen LogP contribution >= 0.6 is 0 Å². The Morgan fingerprint density at radius 3 is 2.88 bits per heavy atom. The molecule has 17 heavy (non-hydrogen) atoms. The molecule has 4 nitrogen and oxygen atoms in total. The first-order chi connectivity index (χ1) is 8.43. The van der Waals surface area contributed by atoms with Gasteiger partial charge in [-0.05, 0) is 12.8 Å². The number of rotatable bonds is 5. The fourth-order valence-corrected chi connectivity index (χ4v) is 2.73. The Hall–Kier alpha value is -0.870. The van der Waals surface area contributed by atoms with Gasteiger partial charge in [-0.25, -0.2) is 4.98 Å². The van der Waals surface area contributed by atoms with Crippen LogP contribution in [0.5, 0.6) is 0 Å². The van der Waals surface area contributed by atoms with E-state index >= 15 is 0 Å². The van der Waals surface area contributed by atoms with Gasteiger partial charge >= 0.3 is 0 Å². The van der Waals surface area contributed by atoms with Crippen molar-refractivity contribution in [1.82, 2.24) is 14.9 Å². The minimum Gasteiger partial charge on any atom is -0.376 e. The number of nitrogens with zero attached hydrogens (tertiary/aromatic N) is 2. The van der Waals surface area contributed by atoms with Gasteiger partial charge in [0.15, 0.2) is 0 Å². The average molecular weight is 235 g/mol. The van der Waals surface area contributed by atoms with Crippen molar-refractivity contribution in [1.29, 1.82) is 0 Å². The zero-order valence-corrected chi connectivity index (χ0v) is 10.3. The molecule has 1 N–H and O–H groups in total. The molecule has 0 aromatic carbocycles. The fourth-order valence-electron chi connectivity index (χ4n) is 2.73. The van der Waals surface area contributed by atoms with Gasteiger partial charge in [-0.1, -0.05) is 12.8 Å². The van der Waals surface area contributed by atoms with Gasteiger partial charge in [0.25, 0.3) is 0 Å². The summed E-state index contributed by atoms with van der Waals surface area (Å²) in [5.74, 6) is 0.656. The lowest BCUT2D eigenvalue weighted by Crippen LogP contribution is -2.41. The van der Waals surface area contributed by atoms with E-state index in [4.69, 9.17) is 4.74 Å². The zero-order valence-electron chi connectivity index (χ0n) is 10.3. The number of hydrogen-bond donors (Lipinski definition) is 1. The molecule has 94 valence electrons. The molecule has 4 heteroatoms. The molecule has 0 radical (unpaired) electrons. The normalized spacial score (nSPS) is 21.9. The van der Waals surface area contributed by atoms with Gasteiger partial charge in [-0.2, -0.15) is 0 Å². The SMILES string of the molecule is c1ncn(CCOC2CCCC2)c1C1CNC1. The van der Waals surface area contributed by atoms with E-state index in [1.165, 1.54) is 31.4 Å². The van der Waals surface area contributed by atoms with Gasteiger partial charge in [0, 0.05) is 37.4 Å². The van der Waals surface area contributed by atoms with E-state index in [0.29, 0.717) is 12.0 Å². The van der Waals surface area contributed by atoms with Crippen LogP contribution in [0, 0.1) is 0 Å². The molecule has 0 unspecified atom stereocenters. The summed E-state index contributed by atoms with van der Waals surface area (Å²) in [5.41, 5.74) is 1.36.